The highest BCUT2D eigenvalue weighted by molar-refractivity contribution is 5.29. The topological polar surface area (TPSA) is 64.9 Å². The Labute approximate surface area is 72.1 Å². The molecule has 0 aliphatic heterocycles. The number of anilines is 1. The fraction of sp³-hybridized carbons (Fsp3) is 0.222. The Morgan fingerprint density at radius 2 is 2.33 bits per heavy atom. The molecule has 0 aromatic carbocycles. The first-order chi connectivity index (χ1) is 5.74. The van der Waals surface area contributed by atoms with Crippen molar-refractivity contribution >= 4 is 5.82 Å². The van der Waals surface area contributed by atoms with Crippen LogP contribution in [0.25, 0.3) is 0 Å². The van der Waals surface area contributed by atoms with Gasteiger partial charge in [0.15, 0.2) is 0 Å². The molecule has 0 radical (unpaired) electrons. The third kappa shape index (κ3) is 2.07. The molecule has 1 aromatic rings. The third-order valence-corrected chi connectivity index (χ3v) is 1.59. The van der Waals surface area contributed by atoms with Crippen LogP contribution < -0.4 is 11.5 Å². The molecule has 4 N–H and O–H groups in total. The number of hydrogen-bond donors (Lipinski definition) is 2. The van der Waals surface area contributed by atoms with Crippen LogP contribution in [0.4, 0.5) is 5.82 Å². The van der Waals surface area contributed by atoms with E-state index in [1.807, 2.05) is 12.1 Å². The van der Waals surface area contributed by atoms with E-state index in [1.165, 1.54) is 0 Å². The number of nitrogens with zero attached hydrogens (tertiary/aromatic N) is 1. The van der Waals surface area contributed by atoms with Gasteiger partial charge in [-0.25, -0.2) is 4.98 Å². The lowest BCUT2D eigenvalue weighted by molar-refractivity contribution is 0.715. The molecule has 1 rings (SSSR count). The van der Waals surface area contributed by atoms with Crippen LogP contribution in [0.15, 0.2) is 30.9 Å². The monoisotopic (exact) mass is 163 g/mol. The molecule has 1 aromatic heterocycles. The van der Waals surface area contributed by atoms with Crippen molar-refractivity contribution in [2.75, 3.05) is 5.73 Å². The molecule has 1 atom stereocenters. The second-order valence-corrected chi connectivity index (χ2v) is 2.62. The summed E-state index contributed by atoms with van der Waals surface area (Å²) in [6.07, 6.45) is 2.49. The van der Waals surface area contributed by atoms with E-state index in [1.54, 1.807) is 12.1 Å². The molecule has 0 saturated heterocycles. The standard InChI is InChI=1S/C9H13N3/c1-2-4-7(10)8-5-3-6-9(11)12-8/h2-3,5-7H,1,4,10H2,(H2,11,12)/t7-/m1/s1. The molecule has 0 saturated carbocycles. The largest absolute Gasteiger partial charge is 0.384 e. The second kappa shape index (κ2) is 3.88. The molecule has 1 heterocycles. The molecule has 12 heavy (non-hydrogen) atoms. The Hall–Kier alpha value is -1.35. The van der Waals surface area contributed by atoms with Crippen molar-refractivity contribution in [3.05, 3.63) is 36.5 Å². The first-order valence-electron chi connectivity index (χ1n) is 3.83. The lowest BCUT2D eigenvalue weighted by Crippen LogP contribution is -2.11. The van der Waals surface area contributed by atoms with Gasteiger partial charge in [-0.05, 0) is 18.6 Å². The van der Waals surface area contributed by atoms with Crippen molar-refractivity contribution in [3.63, 3.8) is 0 Å². The second-order valence-electron chi connectivity index (χ2n) is 2.62. The van der Waals surface area contributed by atoms with Crippen LogP contribution in [0.3, 0.4) is 0 Å². The van der Waals surface area contributed by atoms with E-state index >= 15 is 0 Å². The molecular formula is C9H13N3. The summed E-state index contributed by atoms with van der Waals surface area (Å²) in [6.45, 7) is 3.61. The Bertz CT molecular complexity index is 270. The summed E-state index contributed by atoms with van der Waals surface area (Å²) in [5.74, 6) is 0.506. The van der Waals surface area contributed by atoms with Gasteiger partial charge in [0.1, 0.15) is 5.82 Å². The van der Waals surface area contributed by atoms with Gasteiger partial charge < -0.3 is 11.5 Å². The SMILES string of the molecule is C=CC[C@@H](N)c1cccc(N)n1. The van der Waals surface area contributed by atoms with E-state index in [2.05, 4.69) is 11.6 Å². The first-order valence-corrected chi connectivity index (χ1v) is 3.83. The Morgan fingerprint density at radius 3 is 2.92 bits per heavy atom. The van der Waals surface area contributed by atoms with E-state index in [4.69, 9.17) is 11.5 Å². The molecule has 0 bridgehead atoms. The van der Waals surface area contributed by atoms with Crippen molar-refractivity contribution in [2.24, 2.45) is 5.73 Å². The normalized spacial score (nSPS) is 12.4. The number of nitrogen functional groups attached to an aromatic ring is 1. The zero-order chi connectivity index (χ0) is 8.97. The van der Waals surface area contributed by atoms with Crippen LogP contribution in [-0.4, -0.2) is 4.98 Å². The van der Waals surface area contributed by atoms with Gasteiger partial charge in [-0.15, -0.1) is 6.58 Å². The number of hydrogen-bond acceptors (Lipinski definition) is 3. The van der Waals surface area contributed by atoms with Crippen LogP contribution in [0, 0.1) is 0 Å². The predicted octanol–water partition coefficient (Wildman–Crippen LogP) is 1.24. The quantitative estimate of drug-likeness (QED) is 0.659. The predicted molar refractivity (Wildman–Crippen MR) is 50.4 cm³/mol. The van der Waals surface area contributed by atoms with Gasteiger partial charge in [-0.1, -0.05) is 12.1 Å². The smallest absolute Gasteiger partial charge is 0.123 e. The van der Waals surface area contributed by atoms with Crippen LogP contribution in [0.1, 0.15) is 18.2 Å². The highest BCUT2D eigenvalue weighted by Gasteiger charge is 2.04. The van der Waals surface area contributed by atoms with Crippen LogP contribution in [0.5, 0.6) is 0 Å². The molecule has 0 aliphatic carbocycles. The minimum atomic E-state index is -0.0917. The molecule has 3 nitrogen and oxygen atoms in total. The average molecular weight is 163 g/mol. The average Bonchev–Trinajstić information content (AvgIpc) is 2.05. The van der Waals surface area contributed by atoms with Crippen molar-refractivity contribution in [3.8, 4) is 0 Å². The number of rotatable bonds is 3. The minimum Gasteiger partial charge on any atom is -0.384 e. The van der Waals surface area contributed by atoms with Gasteiger partial charge in [0.25, 0.3) is 0 Å². The maximum absolute atomic E-state index is 5.79. The summed E-state index contributed by atoms with van der Waals surface area (Å²) in [6, 6.07) is 5.36. The summed E-state index contributed by atoms with van der Waals surface area (Å²) in [7, 11) is 0. The van der Waals surface area contributed by atoms with Crippen LogP contribution >= 0.6 is 0 Å². The van der Waals surface area contributed by atoms with E-state index in [0.29, 0.717) is 5.82 Å². The summed E-state index contributed by atoms with van der Waals surface area (Å²) >= 11 is 0. The summed E-state index contributed by atoms with van der Waals surface area (Å²) < 4.78 is 0. The van der Waals surface area contributed by atoms with Gasteiger partial charge >= 0.3 is 0 Å². The van der Waals surface area contributed by atoms with Crippen molar-refractivity contribution in [1.82, 2.24) is 4.98 Å². The van der Waals surface area contributed by atoms with E-state index in [-0.39, 0.29) is 6.04 Å². The molecule has 3 heteroatoms. The summed E-state index contributed by atoms with van der Waals surface area (Å²) in [5.41, 5.74) is 12.1. The molecule has 0 aliphatic rings. The first kappa shape index (κ1) is 8.74. The lowest BCUT2D eigenvalue weighted by atomic mass is 10.1. The fourth-order valence-electron chi connectivity index (χ4n) is 0.976. The molecule has 0 amide bonds. The van der Waals surface area contributed by atoms with Gasteiger partial charge in [0.05, 0.1) is 11.7 Å². The minimum absolute atomic E-state index is 0.0917. The lowest BCUT2D eigenvalue weighted by Gasteiger charge is -2.07. The van der Waals surface area contributed by atoms with E-state index < -0.39 is 0 Å². The zero-order valence-corrected chi connectivity index (χ0v) is 6.90. The zero-order valence-electron chi connectivity index (χ0n) is 6.90. The molecular weight excluding hydrogens is 150 g/mol. The summed E-state index contributed by atoms with van der Waals surface area (Å²) in [5, 5.41) is 0. The van der Waals surface area contributed by atoms with Gasteiger partial charge in [0.2, 0.25) is 0 Å². The fourth-order valence-corrected chi connectivity index (χ4v) is 0.976. The van der Waals surface area contributed by atoms with Gasteiger partial charge in [0, 0.05) is 0 Å². The maximum Gasteiger partial charge on any atom is 0.123 e. The highest BCUT2D eigenvalue weighted by Crippen LogP contribution is 2.12. The Morgan fingerprint density at radius 1 is 1.58 bits per heavy atom. The van der Waals surface area contributed by atoms with Gasteiger partial charge in [-0.2, -0.15) is 0 Å². The molecule has 64 valence electrons. The van der Waals surface area contributed by atoms with E-state index in [0.717, 1.165) is 12.1 Å². The van der Waals surface area contributed by atoms with Crippen LogP contribution in [0.2, 0.25) is 0 Å². The van der Waals surface area contributed by atoms with Crippen LogP contribution in [-0.2, 0) is 0 Å². The maximum atomic E-state index is 5.79. The van der Waals surface area contributed by atoms with Crippen molar-refractivity contribution < 1.29 is 0 Å². The molecule has 0 spiro atoms. The van der Waals surface area contributed by atoms with E-state index in [9.17, 15) is 0 Å². The number of nitrogens with two attached hydrogens (primary N) is 2. The van der Waals surface area contributed by atoms with Crippen molar-refractivity contribution in [2.45, 2.75) is 12.5 Å². The third-order valence-electron chi connectivity index (χ3n) is 1.59. The summed E-state index contributed by atoms with van der Waals surface area (Å²) in [4.78, 5) is 4.10. The highest BCUT2D eigenvalue weighted by atomic mass is 14.9. The molecule has 0 unspecified atom stereocenters. The van der Waals surface area contributed by atoms with Crippen molar-refractivity contribution in [1.29, 1.82) is 0 Å². The number of aromatic nitrogens is 1. The van der Waals surface area contributed by atoms with Gasteiger partial charge in [-0.3, -0.25) is 0 Å². The Kier molecular flexibility index (Phi) is 2.82. The Balaban J connectivity index is 2.80. The number of pyridine rings is 1. The molecule has 0 fully saturated rings.